The largest absolute Gasteiger partial charge is 0.492 e. The Balaban J connectivity index is 2.12. The normalized spacial score (nSPS) is 21.2. The van der Waals surface area contributed by atoms with Crippen LogP contribution in [0.4, 0.5) is 0 Å². The number of rotatable bonds is 7. The van der Waals surface area contributed by atoms with Crippen molar-refractivity contribution in [3.05, 3.63) is 24.0 Å². The molecular formula is C16H27N3O2. The Morgan fingerprint density at radius 2 is 2.33 bits per heavy atom. The average molecular weight is 293 g/mol. The van der Waals surface area contributed by atoms with Crippen LogP contribution >= 0.6 is 0 Å². The molecule has 0 amide bonds. The number of hydrogen-bond acceptors (Lipinski definition) is 5. The first-order valence-electron chi connectivity index (χ1n) is 7.85. The van der Waals surface area contributed by atoms with Crippen molar-refractivity contribution < 1.29 is 9.47 Å². The van der Waals surface area contributed by atoms with Crippen LogP contribution in [0.25, 0.3) is 0 Å². The van der Waals surface area contributed by atoms with Gasteiger partial charge in [0, 0.05) is 19.3 Å². The third-order valence-corrected chi connectivity index (χ3v) is 3.66. The average Bonchev–Trinajstić information content (AvgIpc) is 2.51. The minimum atomic E-state index is 0.145. The van der Waals surface area contributed by atoms with E-state index in [1.165, 1.54) is 0 Å². The van der Waals surface area contributed by atoms with Crippen LogP contribution in [0, 0.1) is 0 Å². The van der Waals surface area contributed by atoms with Gasteiger partial charge in [-0.15, -0.1) is 0 Å². The third-order valence-electron chi connectivity index (χ3n) is 3.66. The van der Waals surface area contributed by atoms with Gasteiger partial charge in [-0.3, -0.25) is 4.98 Å². The fourth-order valence-corrected chi connectivity index (χ4v) is 2.60. The highest BCUT2D eigenvalue weighted by Gasteiger charge is 2.28. The van der Waals surface area contributed by atoms with Crippen LogP contribution in [-0.2, 0) is 4.74 Å². The van der Waals surface area contributed by atoms with Crippen LogP contribution in [-0.4, -0.2) is 55.9 Å². The number of nitrogens with zero attached hydrogens (tertiary/aromatic N) is 2. The molecule has 0 bridgehead atoms. The van der Waals surface area contributed by atoms with Gasteiger partial charge < -0.3 is 19.7 Å². The Morgan fingerprint density at radius 1 is 1.48 bits per heavy atom. The van der Waals surface area contributed by atoms with Crippen molar-refractivity contribution in [3.8, 4) is 5.75 Å². The van der Waals surface area contributed by atoms with Crippen molar-refractivity contribution in [1.82, 2.24) is 15.2 Å². The molecule has 1 fully saturated rings. The lowest BCUT2D eigenvalue weighted by molar-refractivity contribution is -0.0390. The van der Waals surface area contributed by atoms with Gasteiger partial charge in [0.15, 0.2) is 0 Å². The Labute approximate surface area is 127 Å². The van der Waals surface area contributed by atoms with Crippen LogP contribution in [0.5, 0.6) is 5.75 Å². The lowest BCUT2D eigenvalue weighted by Crippen LogP contribution is -2.46. The van der Waals surface area contributed by atoms with Crippen LogP contribution in [0.1, 0.15) is 31.9 Å². The molecule has 0 radical (unpaired) electrons. The molecule has 0 aromatic carbocycles. The van der Waals surface area contributed by atoms with Gasteiger partial charge in [0.2, 0.25) is 0 Å². The summed E-state index contributed by atoms with van der Waals surface area (Å²) in [6, 6.07) is 2.23. The third kappa shape index (κ3) is 4.66. The monoisotopic (exact) mass is 293 g/mol. The van der Waals surface area contributed by atoms with E-state index in [0.29, 0.717) is 0 Å². The van der Waals surface area contributed by atoms with Crippen LogP contribution in [0.3, 0.4) is 0 Å². The summed E-state index contributed by atoms with van der Waals surface area (Å²) in [7, 11) is 2.14. The molecule has 1 aromatic rings. The van der Waals surface area contributed by atoms with E-state index in [0.717, 1.165) is 50.6 Å². The van der Waals surface area contributed by atoms with E-state index in [4.69, 9.17) is 9.47 Å². The molecule has 2 heterocycles. The second-order valence-corrected chi connectivity index (χ2v) is 5.51. The molecule has 5 heteroatoms. The molecule has 0 spiro atoms. The molecule has 1 N–H and O–H groups in total. The Bertz CT molecular complexity index is 428. The van der Waals surface area contributed by atoms with E-state index in [-0.39, 0.29) is 12.1 Å². The fourth-order valence-electron chi connectivity index (χ4n) is 2.60. The van der Waals surface area contributed by atoms with Crippen LogP contribution < -0.4 is 10.1 Å². The summed E-state index contributed by atoms with van der Waals surface area (Å²) in [5.41, 5.74) is 1.13. The molecule has 1 aliphatic rings. The number of pyridine rings is 1. The number of likely N-dealkylation sites (N-methyl/N-ethyl adjacent to an activating group) is 2. The van der Waals surface area contributed by atoms with Crippen molar-refractivity contribution in [1.29, 1.82) is 0 Å². The number of ether oxygens (including phenoxy) is 2. The lowest BCUT2D eigenvalue weighted by Gasteiger charge is -2.35. The minimum absolute atomic E-state index is 0.145. The Kier molecular flexibility index (Phi) is 6.42. The standard InChI is InChI=1S/C16H27N3O2/c1-4-7-20-14-9-13(10-17-11-14)16(18-5-2)15-12-19(3)6-8-21-15/h9-11,15-16,18H,4-8,12H2,1-3H3. The number of aromatic nitrogens is 1. The van der Waals surface area contributed by atoms with Crippen molar-refractivity contribution in [2.45, 2.75) is 32.4 Å². The fraction of sp³-hybridized carbons (Fsp3) is 0.688. The highest BCUT2D eigenvalue weighted by molar-refractivity contribution is 5.27. The summed E-state index contributed by atoms with van der Waals surface area (Å²) in [6.07, 6.45) is 4.82. The van der Waals surface area contributed by atoms with Gasteiger partial charge in [0.25, 0.3) is 0 Å². The van der Waals surface area contributed by atoms with Gasteiger partial charge in [0.05, 0.1) is 31.6 Å². The zero-order valence-electron chi connectivity index (χ0n) is 13.3. The summed E-state index contributed by atoms with van der Waals surface area (Å²) in [5, 5.41) is 3.53. The van der Waals surface area contributed by atoms with Crippen molar-refractivity contribution in [2.24, 2.45) is 0 Å². The highest BCUT2D eigenvalue weighted by atomic mass is 16.5. The molecule has 0 saturated carbocycles. The molecule has 1 saturated heterocycles. The maximum absolute atomic E-state index is 5.97. The van der Waals surface area contributed by atoms with E-state index in [2.05, 4.69) is 42.2 Å². The number of morpholine rings is 1. The highest BCUT2D eigenvalue weighted by Crippen LogP contribution is 2.24. The van der Waals surface area contributed by atoms with E-state index >= 15 is 0 Å². The first-order valence-corrected chi connectivity index (χ1v) is 7.85. The lowest BCUT2D eigenvalue weighted by atomic mass is 10.0. The SMILES string of the molecule is CCCOc1cncc(C(NCC)C2CN(C)CCO2)c1. The number of hydrogen-bond donors (Lipinski definition) is 1. The quantitative estimate of drug-likeness (QED) is 0.831. The summed E-state index contributed by atoms with van der Waals surface area (Å²) in [4.78, 5) is 6.63. The van der Waals surface area contributed by atoms with Gasteiger partial charge in [-0.25, -0.2) is 0 Å². The predicted molar refractivity (Wildman–Crippen MR) is 83.7 cm³/mol. The van der Waals surface area contributed by atoms with Gasteiger partial charge in [-0.05, 0) is 31.6 Å². The number of nitrogens with one attached hydrogen (secondary N) is 1. The summed E-state index contributed by atoms with van der Waals surface area (Å²) in [6.45, 7) is 8.54. The molecule has 118 valence electrons. The second kappa shape index (κ2) is 8.32. The summed E-state index contributed by atoms with van der Waals surface area (Å²) >= 11 is 0. The minimum Gasteiger partial charge on any atom is -0.492 e. The zero-order valence-corrected chi connectivity index (χ0v) is 13.3. The van der Waals surface area contributed by atoms with E-state index < -0.39 is 0 Å². The second-order valence-electron chi connectivity index (χ2n) is 5.51. The molecule has 2 rings (SSSR count). The van der Waals surface area contributed by atoms with Gasteiger partial charge in [-0.1, -0.05) is 13.8 Å². The van der Waals surface area contributed by atoms with Gasteiger partial charge in [-0.2, -0.15) is 0 Å². The Hall–Kier alpha value is -1.17. The van der Waals surface area contributed by atoms with Crippen LogP contribution in [0.2, 0.25) is 0 Å². The zero-order chi connectivity index (χ0) is 15.1. The Morgan fingerprint density at radius 3 is 3.05 bits per heavy atom. The first kappa shape index (κ1) is 16.2. The summed E-state index contributed by atoms with van der Waals surface area (Å²) in [5.74, 6) is 0.835. The molecule has 0 aliphatic carbocycles. The van der Waals surface area contributed by atoms with Crippen molar-refractivity contribution >= 4 is 0 Å². The van der Waals surface area contributed by atoms with E-state index in [9.17, 15) is 0 Å². The topological polar surface area (TPSA) is 46.6 Å². The van der Waals surface area contributed by atoms with Crippen molar-refractivity contribution in [2.75, 3.05) is 39.9 Å². The van der Waals surface area contributed by atoms with Gasteiger partial charge in [0.1, 0.15) is 5.75 Å². The maximum atomic E-state index is 5.97. The van der Waals surface area contributed by atoms with E-state index in [1.54, 1.807) is 6.20 Å². The molecule has 1 aromatic heterocycles. The molecule has 2 atom stereocenters. The molecular weight excluding hydrogens is 266 g/mol. The van der Waals surface area contributed by atoms with Crippen LogP contribution in [0.15, 0.2) is 18.5 Å². The first-order chi connectivity index (χ1) is 10.2. The molecule has 1 aliphatic heterocycles. The molecule has 21 heavy (non-hydrogen) atoms. The van der Waals surface area contributed by atoms with E-state index in [1.807, 2.05) is 6.20 Å². The molecule has 5 nitrogen and oxygen atoms in total. The smallest absolute Gasteiger partial charge is 0.137 e. The van der Waals surface area contributed by atoms with Crippen molar-refractivity contribution in [3.63, 3.8) is 0 Å². The predicted octanol–water partition coefficient (Wildman–Crippen LogP) is 1.85. The summed E-state index contributed by atoms with van der Waals surface area (Å²) < 4.78 is 11.7. The van der Waals surface area contributed by atoms with Gasteiger partial charge >= 0.3 is 0 Å². The maximum Gasteiger partial charge on any atom is 0.137 e. The molecule has 2 unspecified atom stereocenters.